The number of rotatable bonds is 0. The molecule has 5 heterocycles. The molecule has 5 aliphatic heterocycles. The maximum atomic E-state index is 13.7. The minimum Gasteiger partial charge on any atom is -0.618 e. The number of hydrogen-bond acceptors (Lipinski definition) is 3. The van der Waals surface area contributed by atoms with E-state index in [4.69, 9.17) is 0 Å². The number of benzene rings is 1. The van der Waals surface area contributed by atoms with Gasteiger partial charge in [0.05, 0.1) is 16.6 Å². The zero-order valence-corrected chi connectivity index (χ0v) is 16.3. The number of aryl methyl sites for hydroxylation is 1. The smallest absolute Gasteiger partial charge is 0.253 e. The molecule has 7 rings (SSSR count). The third-order valence-electron chi connectivity index (χ3n) is 7.90. The van der Waals surface area contributed by atoms with Crippen LogP contribution >= 0.6 is 0 Å². The molecule has 0 radical (unpaired) electrons. The van der Waals surface area contributed by atoms with Gasteiger partial charge in [0, 0.05) is 18.5 Å². The summed E-state index contributed by atoms with van der Waals surface area (Å²) in [5.74, 6) is -0.165. The number of carbonyl (C=O) groups excluding carboxylic acids is 2. The average Bonchev–Trinajstić information content (AvgIpc) is 3.18. The second kappa shape index (κ2) is 4.50. The molecule has 1 unspecified atom stereocenters. The summed E-state index contributed by atoms with van der Waals surface area (Å²) >= 11 is 0. The molecule has 0 aromatic heterocycles. The number of piperazine rings is 1. The second-order valence-electron chi connectivity index (χ2n) is 9.62. The first-order valence-corrected chi connectivity index (χ1v) is 10.1. The van der Waals surface area contributed by atoms with Gasteiger partial charge in [0.2, 0.25) is 17.3 Å². The average molecular weight is 377 g/mol. The normalized spacial score (nSPS) is 36.6. The Morgan fingerprint density at radius 2 is 2.07 bits per heavy atom. The van der Waals surface area contributed by atoms with Crippen LogP contribution in [0.5, 0.6) is 0 Å². The summed E-state index contributed by atoms with van der Waals surface area (Å²) in [6.45, 7) is 6.73. The largest absolute Gasteiger partial charge is 0.618 e. The highest BCUT2D eigenvalue weighted by Crippen LogP contribution is 2.60. The molecule has 6 nitrogen and oxygen atoms in total. The summed E-state index contributed by atoms with van der Waals surface area (Å²) in [6, 6.07) is 5.85. The molecule has 2 amide bonds. The Morgan fingerprint density at radius 3 is 2.86 bits per heavy atom. The van der Waals surface area contributed by atoms with Crippen LogP contribution in [-0.2, 0) is 9.59 Å². The summed E-state index contributed by atoms with van der Waals surface area (Å²) in [7, 11) is 0. The summed E-state index contributed by atoms with van der Waals surface area (Å²) < 4.78 is 1.06. The van der Waals surface area contributed by atoms with Gasteiger partial charge in [-0.15, -0.1) is 0 Å². The van der Waals surface area contributed by atoms with Gasteiger partial charge < -0.3 is 15.4 Å². The predicted molar refractivity (Wildman–Crippen MR) is 104 cm³/mol. The lowest BCUT2D eigenvalue weighted by Gasteiger charge is -2.62. The summed E-state index contributed by atoms with van der Waals surface area (Å²) in [4.78, 5) is 28.6. The number of nitrogens with one attached hydrogen (secondary N) is 1. The fourth-order valence-electron chi connectivity index (χ4n) is 6.60. The zero-order chi connectivity index (χ0) is 19.6. The van der Waals surface area contributed by atoms with Crippen molar-refractivity contribution in [3.63, 3.8) is 0 Å². The highest BCUT2D eigenvalue weighted by Gasteiger charge is 2.73. The van der Waals surface area contributed by atoms with Gasteiger partial charge in [0.1, 0.15) is 11.1 Å². The lowest BCUT2D eigenvalue weighted by molar-refractivity contribution is -0.362. The number of amides is 2. The molecule has 1 aromatic rings. The molecule has 1 N–H and O–H groups in total. The molecule has 2 bridgehead atoms. The van der Waals surface area contributed by atoms with Crippen molar-refractivity contribution < 1.29 is 14.3 Å². The molecular weight excluding hydrogens is 354 g/mol. The van der Waals surface area contributed by atoms with Crippen LogP contribution in [0, 0.1) is 23.5 Å². The van der Waals surface area contributed by atoms with Crippen molar-refractivity contribution in [2.45, 2.75) is 51.1 Å². The Labute approximate surface area is 163 Å². The Balaban J connectivity index is 1.66. The molecule has 6 heteroatoms. The van der Waals surface area contributed by atoms with E-state index in [9.17, 15) is 14.8 Å². The molecule has 28 heavy (non-hydrogen) atoms. The van der Waals surface area contributed by atoms with E-state index in [0.717, 1.165) is 33.6 Å². The highest BCUT2D eigenvalue weighted by atomic mass is 16.5. The first kappa shape index (κ1) is 16.3. The monoisotopic (exact) mass is 377 g/mol. The number of nitrogens with zero attached hydrogens (tertiary/aromatic N) is 2. The van der Waals surface area contributed by atoms with Gasteiger partial charge in [-0.05, 0) is 57.7 Å². The van der Waals surface area contributed by atoms with E-state index in [1.807, 2.05) is 36.1 Å². The van der Waals surface area contributed by atoms with Crippen molar-refractivity contribution in [1.82, 2.24) is 10.2 Å². The van der Waals surface area contributed by atoms with Crippen LogP contribution in [0.25, 0.3) is 5.57 Å². The van der Waals surface area contributed by atoms with E-state index in [1.54, 1.807) is 0 Å². The SMILES string of the molecule is Cc1ccc2c(c1)[N+]([O-])=C1C2=C[C@@]23NC(=O)[C@]4(CCCN4C2=O)CC3C1(C)C. The fourth-order valence-corrected chi connectivity index (χ4v) is 6.60. The van der Waals surface area contributed by atoms with Crippen LogP contribution in [0.3, 0.4) is 0 Å². The molecule has 144 valence electrons. The van der Waals surface area contributed by atoms with Crippen LogP contribution in [0.2, 0.25) is 0 Å². The maximum absolute atomic E-state index is 13.7. The summed E-state index contributed by atoms with van der Waals surface area (Å²) in [6.07, 6.45) is 4.07. The van der Waals surface area contributed by atoms with E-state index in [-0.39, 0.29) is 17.7 Å². The first-order chi connectivity index (χ1) is 13.2. The predicted octanol–water partition coefficient (Wildman–Crippen LogP) is 2.26. The van der Waals surface area contributed by atoms with E-state index in [1.165, 1.54) is 0 Å². The van der Waals surface area contributed by atoms with Crippen molar-refractivity contribution in [2.24, 2.45) is 11.3 Å². The molecule has 4 saturated heterocycles. The van der Waals surface area contributed by atoms with Gasteiger partial charge in [-0.25, -0.2) is 0 Å². The zero-order valence-electron chi connectivity index (χ0n) is 16.3. The number of hydrogen-bond donors (Lipinski definition) is 1. The molecule has 2 spiro atoms. The molecule has 3 atom stereocenters. The van der Waals surface area contributed by atoms with E-state index in [2.05, 4.69) is 19.2 Å². The Hall–Kier alpha value is -2.63. The quantitative estimate of drug-likeness (QED) is 0.557. The first-order valence-electron chi connectivity index (χ1n) is 10.1. The molecule has 1 aliphatic carbocycles. The molecule has 6 aliphatic rings. The van der Waals surface area contributed by atoms with Crippen LogP contribution in [0.1, 0.15) is 44.2 Å². The number of piperidine rings is 2. The number of carbonyl (C=O) groups is 2. The van der Waals surface area contributed by atoms with Crippen LogP contribution in [0.15, 0.2) is 24.3 Å². The van der Waals surface area contributed by atoms with E-state index >= 15 is 0 Å². The van der Waals surface area contributed by atoms with Gasteiger partial charge >= 0.3 is 0 Å². The van der Waals surface area contributed by atoms with Gasteiger partial charge in [0.15, 0.2) is 0 Å². The van der Waals surface area contributed by atoms with Crippen LogP contribution in [0.4, 0.5) is 5.69 Å². The number of fused-ring (bicyclic) bond motifs is 4. The van der Waals surface area contributed by atoms with Gasteiger partial charge in [-0.3, -0.25) is 9.59 Å². The highest BCUT2D eigenvalue weighted by molar-refractivity contribution is 6.30. The molecule has 1 aromatic carbocycles. The number of allylic oxidation sites excluding steroid dienone is 1. The van der Waals surface area contributed by atoms with Crippen molar-refractivity contribution in [3.05, 3.63) is 40.6 Å². The van der Waals surface area contributed by atoms with Gasteiger partial charge in [-0.2, -0.15) is 4.74 Å². The van der Waals surface area contributed by atoms with E-state index in [0.29, 0.717) is 25.1 Å². The lowest BCUT2D eigenvalue weighted by Crippen LogP contribution is -2.83. The third-order valence-corrected chi connectivity index (χ3v) is 7.90. The minimum absolute atomic E-state index is 0.00140. The molecular formula is C22H23N3O3. The third kappa shape index (κ3) is 1.50. The summed E-state index contributed by atoms with van der Waals surface area (Å²) in [5.41, 5.74) is 1.70. The molecule has 4 fully saturated rings. The van der Waals surface area contributed by atoms with Crippen molar-refractivity contribution in [2.75, 3.05) is 6.54 Å². The summed E-state index contributed by atoms with van der Waals surface area (Å²) in [5, 5.41) is 16.4. The fraction of sp³-hybridized carbons (Fsp3) is 0.500. The maximum Gasteiger partial charge on any atom is 0.253 e. The van der Waals surface area contributed by atoms with Crippen LogP contribution in [-0.4, -0.2) is 44.8 Å². The van der Waals surface area contributed by atoms with Gasteiger partial charge in [-0.1, -0.05) is 6.07 Å². The second-order valence-corrected chi connectivity index (χ2v) is 9.62. The van der Waals surface area contributed by atoms with Gasteiger partial charge in [0.25, 0.3) is 5.91 Å². The standard InChI is InChI=1S/C22H23N3O3/c1-12-5-6-13-14-10-22-16(20(2,3)17(14)25(28)15(13)9-12)11-21(18(26)23-22)7-4-8-24(21)19(22)27/h5-6,9-10,16H,4,7-8,11H2,1-3H3,(H,23,26)/t16?,21-,22-/m0/s1. The minimum atomic E-state index is -1.06. The molecule has 0 saturated carbocycles. The van der Waals surface area contributed by atoms with Crippen molar-refractivity contribution >= 4 is 28.8 Å². The lowest BCUT2D eigenvalue weighted by atomic mass is 9.51. The Morgan fingerprint density at radius 1 is 1.29 bits per heavy atom. The topological polar surface area (TPSA) is 75.5 Å². The Kier molecular flexibility index (Phi) is 2.63. The van der Waals surface area contributed by atoms with Crippen molar-refractivity contribution in [1.29, 1.82) is 0 Å². The van der Waals surface area contributed by atoms with E-state index < -0.39 is 16.5 Å². The Bertz CT molecular complexity index is 1070. The van der Waals surface area contributed by atoms with Crippen molar-refractivity contribution in [3.8, 4) is 0 Å². The van der Waals surface area contributed by atoms with Crippen LogP contribution < -0.4 is 5.32 Å².